The second-order valence-electron chi connectivity index (χ2n) is 5.01. The predicted molar refractivity (Wildman–Crippen MR) is 75.1 cm³/mol. The summed E-state index contributed by atoms with van der Waals surface area (Å²) in [5.41, 5.74) is 7.19. The van der Waals surface area contributed by atoms with Crippen LogP contribution in [0.1, 0.15) is 31.7 Å². The Hall–Kier alpha value is -0.860. The van der Waals surface area contributed by atoms with E-state index in [4.69, 9.17) is 5.73 Å². The fourth-order valence-corrected chi connectivity index (χ4v) is 1.89. The average Bonchev–Trinajstić information content (AvgIpc) is 2.33. The van der Waals surface area contributed by atoms with Gasteiger partial charge in [0.1, 0.15) is 0 Å². The lowest BCUT2D eigenvalue weighted by atomic mass is 10.1. The zero-order valence-electron chi connectivity index (χ0n) is 11.2. The van der Waals surface area contributed by atoms with Crippen LogP contribution in [0.4, 0.5) is 0 Å². The Kier molecular flexibility index (Phi) is 6.90. The highest BCUT2D eigenvalue weighted by atomic mass is 15.1. The molecular weight excluding hydrogens is 208 g/mol. The number of rotatable bonds is 8. The van der Waals surface area contributed by atoms with Gasteiger partial charge < -0.3 is 10.6 Å². The molecule has 0 radical (unpaired) electrons. The molecule has 1 atom stereocenters. The van der Waals surface area contributed by atoms with Gasteiger partial charge >= 0.3 is 0 Å². The van der Waals surface area contributed by atoms with E-state index in [0.29, 0.717) is 6.04 Å². The minimum atomic E-state index is 0.321. The van der Waals surface area contributed by atoms with Gasteiger partial charge in [0.15, 0.2) is 0 Å². The zero-order valence-corrected chi connectivity index (χ0v) is 11.2. The van der Waals surface area contributed by atoms with Crippen molar-refractivity contribution in [2.24, 2.45) is 5.73 Å². The van der Waals surface area contributed by atoms with Crippen LogP contribution in [-0.2, 0) is 6.42 Å². The molecule has 0 saturated carbocycles. The van der Waals surface area contributed by atoms with Crippen molar-refractivity contribution in [3.63, 3.8) is 0 Å². The first-order valence-corrected chi connectivity index (χ1v) is 6.66. The number of hydrogen-bond donors (Lipinski definition) is 1. The van der Waals surface area contributed by atoms with Crippen LogP contribution >= 0.6 is 0 Å². The Bertz CT molecular complexity index is 282. The van der Waals surface area contributed by atoms with Gasteiger partial charge in [0.2, 0.25) is 0 Å². The number of unbranched alkanes of at least 4 members (excludes halogenated alkanes) is 1. The highest BCUT2D eigenvalue weighted by molar-refractivity contribution is 5.14. The molecule has 0 fully saturated rings. The van der Waals surface area contributed by atoms with E-state index in [-0.39, 0.29) is 0 Å². The lowest BCUT2D eigenvalue weighted by Gasteiger charge is -2.17. The molecule has 1 aromatic carbocycles. The van der Waals surface area contributed by atoms with Gasteiger partial charge in [-0.25, -0.2) is 0 Å². The topological polar surface area (TPSA) is 29.3 Å². The van der Waals surface area contributed by atoms with E-state index in [1.165, 1.54) is 31.4 Å². The number of nitrogens with two attached hydrogens (primary N) is 1. The number of hydrogen-bond acceptors (Lipinski definition) is 2. The largest absolute Gasteiger partial charge is 0.328 e. The van der Waals surface area contributed by atoms with Crippen LogP contribution in [0, 0.1) is 0 Å². The second kappa shape index (κ2) is 8.26. The standard InChI is InChI=1S/C15H26N2/c1-14(16)11-13-17(2)12-7-6-10-15-8-4-3-5-9-15/h3-5,8-9,14H,6-7,10-13,16H2,1-2H3. The van der Waals surface area contributed by atoms with Gasteiger partial charge in [-0.2, -0.15) is 0 Å². The number of aryl methyl sites for hydroxylation is 1. The summed E-state index contributed by atoms with van der Waals surface area (Å²) in [5.74, 6) is 0. The van der Waals surface area contributed by atoms with Crippen molar-refractivity contribution in [3.05, 3.63) is 35.9 Å². The summed E-state index contributed by atoms with van der Waals surface area (Å²) >= 11 is 0. The summed E-state index contributed by atoms with van der Waals surface area (Å²) in [5, 5.41) is 0. The van der Waals surface area contributed by atoms with Crippen molar-refractivity contribution in [2.75, 3.05) is 20.1 Å². The van der Waals surface area contributed by atoms with Crippen LogP contribution in [0.5, 0.6) is 0 Å². The molecule has 1 aromatic rings. The highest BCUT2D eigenvalue weighted by Gasteiger charge is 2.00. The Morgan fingerprint density at radius 3 is 2.47 bits per heavy atom. The maximum Gasteiger partial charge on any atom is 0.00226 e. The Labute approximate surface area is 106 Å². The molecule has 0 aliphatic rings. The van der Waals surface area contributed by atoms with Crippen molar-refractivity contribution in [3.8, 4) is 0 Å². The summed E-state index contributed by atoms with van der Waals surface area (Å²) in [6, 6.07) is 11.0. The average molecular weight is 234 g/mol. The molecular formula is C15H26N2. The van der Waals surface area contributed by atoms with E-state index in [0.717, 1.165) is 13.0 Å². The summed E-state index contributed by atoms with van der Waals surface area (Å²) in [4.78, 5) is 2.38. The molecule has 1 unspecified atom stereocenters. The molecule has 1 rings (SSSR count). The second-order valence-corrected chi connectivity index (χ2v) is 5.01. The lowest BCUT2D eigenvalue weighted by molar-refractivity contribution is 0.313. The lowest BCUT2D eigenvalue weighted by Crippen LogP contribution is -2.26. The number of benzene rings is 1. The van der Waals surface area contributed by atoms with Crippen molar-refractivity contribution >= 4 is 0 Å². The van der Waals surface area contributed by atoms with Crippen molar-refractivity contribution in [2.45, 2.75) is 38.6 Å². The summed E-state index contributed by atoms with van der Waals surface area (Å²) in [6.07, 6.45) is 4.83. The number of nitrogens with zero attached hydrogens (tertiary/aromatic N) is 1. The predicted octanol–water partition coefficient (Wildman–Crippen LogP) is 2.68. The summed E-state index contributed by atoms with van der Waals surface area (Å²) in [6.45, 7) is 4.37. The van der Waals surface area contributed by atoms with E-state index in [1.807, 2.05) is 0 Å². The monoisotopic (exact) mass is 234 g/mol. The summed E-state index contributed by atoms with van der Waals surface area (Å²) in [7, 11) is 2.19. The fraction of sp³-hybridized carbons (Fsp3) is 0.600. The van der Waals surface area contributed by atoms with E-state index in [2.05, 4.69) is 49.2 Å². The molecule has 0 heterocycles. The Balaban J connectivity index is 2.04. The molecule has 2 heteroatoms. The third-order valence-electron chi connectivity index (χ3n) is 3.06. The van der Waals surface area contributed by atoms with Crippen LogP contribution in [0.15, 0.2) is 30.3 Å². The van der Waals surface area contributed by atoms with Gasteiger partial charge in [-0.3, -0.25) is 0 Å². The van der Waals surface area contributed by atoms with Crippen LogP contribution in [-0.4, -0.2) is 31.1 Å². The Morgan fingerprint density at radius 2 is 1.82 bits per heavy atom. The molecule has 0 aliphatic heterocycles. The maximum absolute atomic E-state index is 5.74. The van der Waals surface area contributed by atoms with Crippen molar-refractivity contribution in [1.29, 1.82) is 0 Å². The first-order chi connectivity index (χ1) is 8.18. The van der Waals surface area contributed by atoms with Gasteiger partial charge in [0, 0.05) is 6.04 Å². The SMILES string of the molecule is CC(N)CCN(C)CCCCc1ccccc1. The Morgan fingerprint density at radius 1 is 1.12 bits per heavy atom. The molecule has 0 spiro atoms. The van der Waals surface area contributed by atoms with Crippen LogP contribution in [0.3, 0.4) is 0 Å². The molecule has 0 bridgehead atoms. The van der Waals surface area contributed by atoms with Gasteiger partial charge in [-0.15, -0.1) is 0 Å². The van der Waals surface area contributed by atoms with Crippen molar-refractivity contribution < 1.29 is 0 Å². The molecule has 17 heavy (non-hydrogen) atoms. The van der Waals surface area contributed by atoms with E-state index < -0.39 is 0 Å². The van der Waals surface area contributed by atoms with Crippen LogP contribution in [0.25, 0.3) is 0 Å². The van der Waals surface area contributed by atoms with E-state index >= 15 is 0 Å². The first-order valence-electron chi connectivity index (χ1n) is 6.66. The fourth-order valence-electron chi connectivity index (χ4n) is 1.89. The molecule has 2 N–H and O–H groups in total. The maximum atomic E-state index is 5.74. The van der Waals surface area contributed by atoms with Crippen LogP contribution < -0.4 is 5.73 Å². The quantitative estimate of drug-likeness (QED) is 0.701. The smallest absolute Gasteiger partial charge is 0.00226 e. The molecule has 0 aromatic heterocycles. The van der Waals surface area contributed by atoms with E-state index in [1.54, 1.807) is 0 Å². The van der Waals surface area contributed by atoms with Crippen LogP contribution in [0.2, 0.25) is 0 Å². The van der Waals surface area contributed by atoms with Gasteiger partial charge in [-0.1, -0.05) is 30.3 Å². The normalized spacial score (nSPS) is 12.9. The zero-order chi connectivity index (χ0) is 12.5. The van der Waals surface area contributed by atoms with Crippen molar-refractivity contribution in [1.82, 2.24) is 4.90 Å². The molecule has 2 nitrogen and oxygen atoms in total. The third kappa shape index (κ3) is 7.14. The van der Waals surface area contributed by atoms with E-state index in [9.17, 15) is 0 Å². The minimum absolute atomic E-state index is 0.321. The van der Waals surface area contributed by atoms with Gasteiger partial charge in [0.05, 0.1) is 0 Å². The first kappa shape index (κ1) is 14.2. The molecule has 0 aliphatic carbocycles. The molecule has 0 saturated heterocycles. The third-order valence-corrected chi connectivity index (χ3v) is 3.06. The minimum Gasteiger partial charge on any atom is -0.328 e. The highest BCUT2D eigenvalue weighted by Crippen LogP contribution is 2.05. The molecule has 0 amide bonds. The summed E-state index contributed by atoms with van der Waals surface area (Å²) < 4.78 is 0. The van der Waals surface area contributed by atoms with Gasteiger partial charge in [0.25, 0.3) is 0 Å². The molecule has 96 valence electrons. The van der Waals surface area contributed by atoms with Gasteiger partial charge in [-0.05, 0) is 58.3 Å².